The quantitative estimate of drug-likeness (QED) is 0.581. The summed E-state index contributed by atoms with van der Waals surface area (Å²) >= 11 is 0. The maximum atomic E-state index is 12.7. The number of anilines is 1. The van der Waals surface area contributed by atoms with Crippen LogP contribution < -0.4 is 10.2 Å². The van der Waals surface area contributed by atoms with Gasteiger partial charge in [0.1, 0.15) is 6.26 Å². The molecule has 1 aliphatic rings. The number of nitrogens with one attached hydrogen (secondary N) is 1. The van der Waals surface area contributed by atoms with Crippen LogP contribution in [-0.4, -0.2) is 39.4 Å². The fourth-order valence-electron chi connectivity index (χ4n) is 3.84. The van der Waals surface area contributed by atoms with E-state index in [9.17, 15) is 4.79 Å². The second-order valence-electron chi connectivity index (χ2n) is 7.31. The Hall–Kier alpha value is -3.61. The molecule has 0 bridgehead atoms. The third kappa shape index (κ3) is 3.24. The van der Waals surface area contributed by atoms with E-state index in [1.807, 2.05) is 49.6 Å². The minimum absolute atomic E-state index is 0.0399. The number of rotatable bonds is 4. The van der Waals surface area contributed by atoms with Crippen LogP contribution in [0, 0.1) is 6.92 Å². The van der Waals surface area contributed by atoms with E-state index >= 15 is 0 Å². The van der Waals surface area contributed by atoms with Crippen LogP contribution in [0.4, 0.5) is 5.82 Å². The molecule has 1 atom stereocenters. The molecule has 0 radical (unpaired) electrons. The van der Waals surface area contributed by atoms with Gasteiger partial charge in [0.05, 0.1) is 5.52 Å². The standard InChI is InChI=1S/C22H21N5O2/c1-15-5-2-3-6-17(15)22-25-18(14-29-22)21(28)24-16-8-11-27(13-16)20-19-7-4-10-26(19)12-9-23-20/h2-7,9-10,12,14,16H,8,11,13H2,1H3,(H,24,28)/t16-/m0/s1. The first-order valence-electron chi connectivity index (χ1n) is 9.68. The first-order valence-corrected chi connectivity index (χ1v) is 9.68. The Balaban J connectivity index is 1.28. The molecule has 0 saturated carbocycles. The number of amides is 1. The molecule has 4 aromatic rings. The van der Waals surface area contributed by atoms with Gasteiger partial charge in [-0.15, -0.1) is 0 Å². The Morgan fingerprint density at radius 1 is 1.21 bits per heavy atom. The van der Waals surface area contributed by atoms with Crippen LogP contribution in [0.1, 0.15) is 22.5 Å². The zero-order valence-corrected chi connectivity index (χ0v) is 16.1. The third-order valence-corrected chi connectivity index (χ3v) is 5.37. The smallest absolute Gasteiger partial charge is 0.273 e. The summed E-state index contributed by atoms with van der Waals surface area (Å²) in [6.07, 6.45) is 8.03. The topological polar surface area (TPSA) is 75.7 Å². The number of hydrogen-bond donors (Lipinski definition) is 1. The van der Waals surface area contributed by atoms with Crippen molar-refractivity contribution < 1.29 is 9.21 Å². The van der Waals surface area contributed by atoms with Gasteiger partial charge in [0.15, 0.2) is 11.5 Å². The van der Waals surface area contributed by atoms with E-state index in [4.69, 9.17) is 4.42 Å². The summed E-state index contributed by atoms with van der Waals surface area (Å²) in [7, 11) is 0. The highest BCUT2D eigenvalue weighted by molar-refractivity contribution is 5.92. The molecular weight excluding hydrogens is 366 g/mol. The lowest BCUT2D eigenvalue weighted by Gasteiger charge is -2.18. The van der Waals surface area contributed by atoms with E-state index in [0.717, 1.165) is 35.4 Å². The molecule has 0 aliphatic carbocycles. The zero-order valence-electron chi connectivity index (χ0n) is 16.1. The predicted molar refractivity (Wildman–Crippen MR) is 110 cm³/mol. The molecule has 7 nitrogen and oxygen atoms in total. The molecule has 3 aromatic heterocycles. The number of nitrogens with zero attached hydrogens (tertiary/aromatic N) is 4. The highest BCUT2D eigenvalue weighted by Crippen LogP contribution is 2.24. The molecule has 146 valence electrons. The van der Waals surface area contributed by atoms with E-state index in [1.165, 1.54) is 6.26 Å². The largest absolute Gasteiger partial charge is 0.444 e. The summed E-state index contributed by atoms with van der Waals surface area (Å²) in [5, 5.41) is 3.08. The summed E-state index contributed by atoms with van der Waals surface area (Å²) in [5.41, 5.74) is 3.32. The molecule has 1 saturated heterocycles. The summed E-state index contributed by atoms with van der Waals surface area (Å²) in [5.74, 6) is 1.19. The lowest BCUT2D eigenvalue weighted by Crippen LogP contribution is -2.37. The molecule has 29 heavy (non-hydrogen) atoms. The van der Waals surface area contributed by atoms with Crippen molar-refractivity contribution in [3.05, 3.63) is 72.5 Å². The number of fused-ring (bicyclic) bond motifs is 1. The molecule has 1 amide bonds. The minimum atomic E-state index is -0.214. The van der Waals surface area contributed by atoms with E-state index < -0.39 is 0 Å². The fraction of sp³-hybridized carbons (Fsp3) is 0.227. The number of carbonyl (C=O) groups is 1. The predicted octanol–water partition coefficient (Wildman–Crippen LogP) is 3.31. The molecule has 1 N–H and O–H groups in total. The number of hydrogen-bond acceptors (Lipinski definition) is 5. The van der Waals surface area contributed by atoms with Gasteiger partial charge in [-0.3, -0.25) is 4.79 Å². The maximum Gasteiger partial charge on any atom is 0.273 e. The normalized spacial score (nSPS) is 16.4. The van der Waals surface area contributed by atoms with E-state index in [2.05, 4.69) is 30.7 Å². The second-order valence-corrected chi connectivity index (χ2v) is 7.31. The fourth-order valence-corrected chi connectivity index (χ4v) is 3.84. The van der Waals surface area contributed by atoms with E-state index in [0.29, 0.717) is 18.1 Å². The highest BCUT2D eigenvalue weighted by atomic mass is 16.3. The summed E-state index contributed by atoms with van der Waals surface area (Å²) in [6.45, 7) is 3.55. The van der Waals surface area contributed by atoms with Crippen LogP contribution >= 0.6 is 0 Å². The summed E-state index contributed by atoms with van der Waals surface area (Å²) in [4.78, 5) is 23.8. The SMILES string of the molecule is Cc1ccccc1-c1nc(C(=O)N[C@H]2CCN(c3nccn4cccc34)C2)co1. The van der Waals surface area contributed by atoms with Crippen LogP contribution in [0.25, 0.3) is 17.0 Å². The van der Waals surface area contributed by atoms with Crippen LogP contribution in [0.5, 0.6) is 0 Å². The molecule has 1 aliphatic heterocycles. The van der Waals surface area contributed by atoms with Gasteiger partial charge in [-0.25, -0.2) is 9.97 Å². The van der Waals surface area contributed by atoms with Crippen LogP contribution in [0.15, 0.2) is 65.7 Å². The summed E-state index contributed by atoms with van der Waals surface area (Å²) in [6, 6.07) is 11.9. The molecular formula is C22H21N5O2. The number of benzene rings is 1. The molecule has 5 rings (SSSR count). The Bertz CT molecular complexity index is 1180. The number of carbonyl (C=O) groups excluding carboxylic acids is 1. The van der Waals surface area contributed by atoms with Crippen molar-refractivity contribution in [3.8, 4) is 11.5 Å². The second kappa shape index (κ2) is 7.09. The van der Waals surface area contributed by atoms with Crippen molar-refractivity contribution in [1.29, 1.82) is 0 Å². The number of oxazole rings is 1. The average molecular weight is 387 g/mol. The third-order valence-electron chi connectivity index (χ3n) is 5.37. The lowest BCUT2D eigenvalue weighted by molar-refractivity contribution is 0.0935. The van der Waals surface area contributed by atoms with E-state index in [-0.39, 0.29) is 11.9 Å². The van der Waals surface area contributed by atoms with E-state index in [1.54, 1.807) is 6.20 Å². The van der Waals surface area contributed by atoms with Gasteiger partial charge in [-0.05, 0) is 37.1 Å². The maximum absolute atomic E-state index is 12.7. The lowest BCUT2D eigenvalue weighted by atomic mass is 10.1. The Morgan fingerprint density at radius 2 is 2.10 bits per heavy atom. The van der Waals surface area contributed by atoms with Crippen molar-refractivity contribution in [2.75, 3.05) is 18.0 Å². The molecule has 4 heterocycles. The molecule has 0 unspecified atom stereocenters. The number of aromatic nitrogens is 3. The van der Waals surface area contributed by atoms with Crippen molar-refractivity contribution in [1.82, 2.24) is 19.7 Å². The van der Waals surface area contributed by atoms with Crippen LogP contribution in [0.2, 0.25) is 0 Å². The highest BCUT2D eigenvalue weighted by Gasteiger charge is 2.27. The van der Waals surface area contributed by atoms with Gasteiger partial charge in [0, 0.05) is 43.3 Å². The Labute approximate surface area is 168 Å². The first-order chi connectivity index (χ1) is 14.2. The Morgan fingerprint density at radius 3 is 3.00 bits per heavy atom. The zero-order chi connectivity index (χ0) is 19.8. The van der Waals surface area contributed by atoms with Crippen molar-refractivity contribution >= 4 is 17.2 Å². The molecule has 1 fully saturated rings. The van der Waals surface area contributed by atoms with Gasteiger partial charge in [0.2, 0.25) is 5.89 Å². The Kier molecular flexibility index (Phi) is 4.27. The average Bonchev–Trinajstić information content (AvgIpc) is 3.48. The minimum Gasteiger partial charge on any atom is -0.444 e. The van der Waals surface area contributed by atoms with Crippen LogP contribution in [-0.2, 0) is 0 Å². The van der Waals surface area contributed by atoms with Gasteiger partial charge < -0.3 is 19.0 Å². The summed E-state index contributed by atoms with van der Waals surface area (Å²) < 4.78 is 7.60. The van der Waals surface area contributed by atoms with Gasteiger partial charge in [0.25, 0.3) is 5.91 Å². The van der Waals surface area contributed by atoms with Crippen LogP contribution in [0.3, 0.4) is 0 Å². The van der Waals surface area contributed by atoms with Crippen molar-refractivity contribution in [2.24, 2.45) is 0 Å². The first kappa shape index (κ1) is 17.5. The molecule has 0 spiro atoms. The monoisotopic (exact) mass is 387 g/mol. The van der Waals surface area contributed by atoms with Gasteiger partial charge in [-0.2, -0.15) is 0 Å². The molecule has 1 aromatic carbocycles. The van der Waals surface area contributed by atoms with Gasteiger partial charge in [-0.1, -0.05) is 18.2 Å². The molecule has 7 heteroatoms. The van der Waals surface area contributed by atoms with Crippen molar-refractivity contribution in [3.63, 3.8) is 0 Å². The number of aryl methyl sites for hydroxylation is 1. The van der Waals surface area contributed by atoms with Crippen molar-refractivity contribution in [2.45, 2.75) is 19.4 Å². The van der Waals surface area contributed by atoms with Gasteiger partial charge >= 0.3 is 0 Å².